The van der Waals surface area contributed by atoms with Gasteiger partial charge in [0.05, 0.1) is 12.0 Å². The second kappa shape index (κ2) is 11.9. The molecule has 0 bridgehead atoms. The van der Waals surface area contributed by atoms with Crippen molar-refractivity contribution in [3.63, 3.8) is 0 Å². The fourth-order valence-corrected chi connectivity index (χ4v) is 3.41. The monoisotopic (exact) mass is 507 g/mol. The highest BCUT2D eigenvalue weighted by molar-refractivity contribution is 14.0. The number of aliphatic imine (C=N–C) groups is 1. The lowest BCUT2D eigenvalue weighted by Gasteiger charge is -2.31. The van der Waals surface area contributed by atoms with Gasteiger partial charge in [0, 0.05) is 34.2 Å². The Labute approximate surface area is 177 Å². The van der Waals surface area contributed by atoms with Crippen LogP contribution in [0.4, 0.5) is 13.2 Å². The van der Waals surface area contributed by atoms with Gasteiger partial charge in [-0.1, -0.05) is 12.8 Å². The zero-order chi connectivity index (χ0) is 19.8. The van der Waals surface area contributed by atoms with Crippen molar-refractivity contribution in [3.05, 3.63) is 0 Å². The number of hydrogen-bond acceptors (Lipinski definition) is 3. The predicted octanol–water partition coefficient (Wildman–Crippen LogP) is 2.30. The minimum atomic E-state index is -4.17. The van der Waals surface area contributed by atoms with E-state index in [0.29, 0.717) is 32.0 Å². The Morgan fingerprint density at radius 1 is 1.15 bits per heavy atom. The van der Waals surface area contributed by atoms with Gasteiger partial charge in [-0.15, -0.1) is 24.0 Å². The molecule has 0 aromatic rings. The van der Waals surface area contributed by atoms with E-state index >= 15 is 0 Å². The first-order valence-corrected chi connectivity index (χ1v) is 9.01. The first-order valence-electron chi connectivity index (χ1n) is 9.01. The van der Waals surface area contributed by atoms with Crippen LogP contribution in [0.25, 0.3) is 0 Å². The van der Waals surface area contributed by atoms with E-state index < -0.39 is 18.1 Å². The maximum Gasteiger partial charge on any atom is 0.401 e. The van der Waals surface area contributed by atoms with Crippen LogP contribution in [0.2, 0.25) is 0 Å². The molecular weight excluding hydrogens is 474 g/mol. The zero-order valence-corrected chi connectivity index (χ0v) is 19.0. The Morgan fingerprint density at radius 3 is 2.22 bits per heavy atom. The summed E-state index contributed by atoms with van der Waals surface area (Å²) in [6.45, 7) is 0.454. The quantitative estimate of drug-likeness (QED) is 0.229. The van der Waals surface area contributed by atoms with Crippen molar-refractivity contribution in [2.24, 2.45) is 10.4 Å². The molecule has 1 rings (SSSR count). The van der Waals surface area contributed by atoms with Gasteiger partial charge in [-0.2, -0.15) is 13.2 Å². The molecule has 1 aliphatic rings. The molecule has 1 saturated carbocycles. The predicted molar refractivity (Wildman–Crippen MR) is 113 cm³/mol. The average Bonchev–Trinajstić information content (AvgIpc) is 3.01. The number of nitrogens with one attached hydrogen (secondary N) is 2. The number of rotatable bonds is 8. The van der Waals surface area contributed by atoms with Crippen molar-refractivity contribution >= 4 is 35.8 Å². The van der Waals surface area contributed by atoms with E-state index in [1.165, 1.54) is 11.9 Å². The fraction of sp³-hybridized carbons (Fsp3) is 0.882. The van der Waals surface area contributed by atoms with Gasteiger partial charge in [0.2, 0.25) is 5.91 Å². The van der Waals surface area contributed by atoms with Crippen molar-refractivity contribution < 1.29 is 18.0 Å². The maximum absolute atomic E-state index is 12.5. The van der Waals surface area contributed by atoms with Crippen LogP contribution in [0.3, 0.4) is 0 Å². The molecule has 1 aliphatic carbocycles. The molecular formula is C17H33F3IN5O. The number of carbonyl (C=O) groups excluding carboxylic acids is 1. The third-order valence-corrected chi connectivity index (χ3v) is 4.70. The van der Waals surface area contributed by atoms with Gasteiger partial charge in [-0.3, -0.25) is 14.7 Å². The van der Waals surface area contributed by atoms with E-state index in [0.717, 1.165) is 25.7 Å². The van der Waals surface area contributed by atoms with E-state index in [1.54, 1.807) is 26.0 Å². The summed E-state index contributed by atoms with van der Waals surface area (Å²) in [6, 6.07) is 0. The zero-order valence-electron chi connectivity index (χ0n) is 16.7. The topological polar surface area (TPSA) is 60.0 Å². The highest BCUT2D eigenvalue weighted by Crippen LogP contribution is 2.38. The lowest BCUT2D eigenvalue weighted by Crippen LogP contribution is -2.49. The summed E-state index contributed by atoms with van der Waals surface area (Å²) in [5, 5.41) is 6.32. The third-order valence-electron chi connectivity index (χ3n) is 4.70. The normalized spacial score (nSPS) is 16.8. The largest absolute Gasteiger partial charge is 0.401 e. The Morgan fingerprint density at radius 2 is 1.74 bits per heavy atom. The number of nitrogens with zero attached hydrogens (tertiary/aromatic N) is 3. The minimum Gasteiger partial charge on any atom is -0.356 e. The van der Waals surface area contributed by atoms with Crippen molar-refractivity contribution in [2.45, 2.75) is 38.3 Å². The van der Waals surface area contributed by atoms with Crippen molar-refractivity contribution in [3.8, 4) is 0 Å². The van der Waals surface area contributed by atoms with Crippen molar-refractivity contribution in [2.75, 3.05) is 54.4 Å². The van der Waals surface area contributed by atoms with Gasteiger partial charge >= 0.3 is 6.18 Å². The average molecular weight is 507 g/mol. The molecule has 0 aromatic carbocycles. The molecule has 0 heterocycles. The van der Waals surface area contributed by atoms with E-state index in [9.17, 15) is 18.0 Å². The van der Waals surface area contributed by atoms with Gasteiger partial charge in [0.1, 0.15) is 0 Å². The number of alkyl halides is 3. The van der Waals surface area contributed by atoms with Crippen LogP contribution < -0.4 is 10.6 Å². The lowest BCUT2D eigenvalue weighted by atomic mass is 9.84. The van der Waals surface area contributed by atoms with Crippen LogP contribution in [0.1, 0.15) is 32.1 Å². The second-order valence-corrected chi connectivity index (χ2v) is 7.25. The number of amides is 1. The highest BCUT2D eigenvalue weighted by Gasteiger charge is 2.42. The summed E-state index contributed by atoms with van der Waals surface area (Å²) in [6.07, 6.45) is 0.188. The third kappa shape index (κ3) is 9.31. The molecule has 2 N–H and O–H groups in total. The van der Waals surface area contributed by atoms with Crippen LogP contribution in [-0.2, 0) is 4.79 Å². The summed E-state index contributed by atoms with van der Waals surface area (Å²) in [7, 11) is 6.64. The van der Waals surface area contributed by atoms with Crippen LogP contribution in [0, 0.1) is 5.41 Å². The molecule has 0 aliphatic heterocycles. The summed E-state index contributed by atoms with van der Waals surface area (Å²) >= 11 is 0. The molecule has 0 spiro atoms. The molecule has 10 heteroatoms. The Kier molecular flexibility index (Phi) is 11.6. The second-order valence-electron chi connectivity index (χ2n) is 7.25. The highest BCUT2D eigenvalue weighted by atomic mass is 127. The van der Waals surface area contributed by atoms with Gasteiger partial charge in [-0.25, -0.2) is 0 Å². The van der Waals surface area contributed by atoms with Crippen LogP contribution in [0.15, 0.2) is 4.99 Å². The molecule has 0 atom stereocenters. The SMILES string of the molecule is CN=C(NCCCN(C)CC(F)(F)F)NCC1(C(=O)N(C)C)CCCC1.I. The van der Waals surface area contributed by atoms with Crippen LogP contribution >= 0.6 is 24.0 Å². The lowest BCUT2D eigenvalue weighted by molar-refractivity contribution is -0.143. The van der Waals surface area contributed by atoms with Crippen LogP contribution in [0.5, 0.6) is 0 Å². The molecule has 6 nitrogen and oxygen atoms in total. The standard InChI is InChI=1S/C17H32F3N5O.HI/c1-21-15(22-10-7-11-25(4)13-17(18,19)20)23-12-16(8-5-6-9-16)14(26)24(2)3;/h5-13H2,1-4H3,(H2,21,22,23);1H. The smallest absolute Gasteiger partial charge is 0.356 e. The summed E-state index contributed by atoms with van der Waals surface area (Å²) in [4.78, 5) is 19.6. The van der Waals surface area contributed by atoms with Crippen molar-refractivity contribution in [1.82, 2.24) is 20.4 Å². The molecule has 0 radical (unpaired) electrons. The van der Waals surface area contributed by atoms with E-state index in [4.69, 9.17) is 0 Å². The molecule has 0 aromatic heterocycles. The van der Waals surface area contributed by atoms with Gasteiger partial charge < -0.3 is 15.5 Å². The molecule has 1 fully saturated rings. The van der Waals surface area contributed by atoms with E-state index in [2.05, 4.69) is 15.6 Å². The number of carbonyl (C=O) groups is 1. The minimum absolute atomic E-state index is 0. The number of halogens is 4. The van der Waals surface area contributed by atoms with E-state index in [-0.39, 0.29) is 29.9 Å². The Hall–Kier alpha value is -0.780. The summed E-state index contributed by atoms with van der Waals surface area (Å²) in [5.74, 6) is 0.702. The van der Waals surface area contributed by atoms with Crippen molar-refractivity contribution in [1.29, 1.82) is 0 Å². The fourth-order valence-electron chi connectivity index (χ4n) is 3.41. The number of guanidine groups is 1. The molecule has 27 heavy (non-hydrogen) atoms. The first kappa shape index (κ1) is 26.2. The van der Waals surface area contributed by atoms with Crippen LogP contribution in [-0.4, -0.2) is 82.2 Å². The molecule has 1 amide bonds. The van der Waals surface area contributed by atoms with E-state index in [1.807, 2.05) is 0 Å². The Balaban J connectivity index is 0.00000676. The van der Waals surface area contributed by atoms with Gasteiger partial charge in [0.15, 0.2) is 5.96 Å². The Bertz CT molecular complexity index is 480. The first-order chi connectivity index (χ1) is 12.1. The summed E-state index contributed by atoms with van der Waals surface area (Å²) < 4.78 is 36.9. The maximum atomic E-state index is 12.5. The molecule has 0 unspecified atom stereocenters. The van der Waals surface area contributed by atoms with Gasteiger partial charge in [0.25, 0.3) is 0 Å². The molecule has 160 valence electrons. The number of hydrogen-bond donors (Lipinski definition) is 2. The van der Waals surface area contributed by atoms with Gasteiger partial charge in [-0.05, 0) is 32.9 Å². The molecule has 0 saturated heterocycles. The summed E-state index contributed by atoms with van der Waals surface area (Å²) in [5.41, 5.74) is -0.395.